The number of amides is 1. The van der Waals surface area contributed by atoms with Crippen molar-refractivity contribution < 1.29 is 19.0 Å². The van der Waals surface area contributed by atoms with E-state index in [1.807, 2.05) is 31.2 Å². The molecule has 0 bridgehead atoms. The summed E-state index contributed by atoms with van der Waals surface area (Å²) in [6.45, 7) is 3.96. The fraction of sp³-hybridized carbons (Fsp3) is 0.308. The maximum atomic E-state index is 13.2. The predicted octanol–water partition coefficient (Wildman–Crippen LogP) is 3.17. The average Bonchev–Trinajstić information content (AvgIpc) is 2.90. The number of nitriles is 1. The number of nitrogens with zero attached hydrogens (tertiary/aromatic N) is 2. The molecule has 2 aliphatic rings. The molecule has 0 aliphatic carbocycles. The molecule has 2 unspecified atom stereocenters. The van der Waals surface area contributed by atoms with Crippen molar-refractivity contribution in [1.29, 1.82) is 5.26 Å². The number of carbonyl (C=O) groups excluding carboxylic acids is 1. The van der Waals surface area contributed by atoms with Crippen molar-refractivity contribution in [2.45, 2.75) is 25.8 Å². The van der Waals surface area contributed by atoms with E-state index in [1.165, 1.54) is 0 Å². The second-order valence-corrected chi connectivity index (χ2v) is 8.50. The first kappa shape index (κ1) is 23.2. The van der Waals surface area contributed by atoms with Gasteiger partial charge in [0.05, 0.1) is 18.2 Å². The SMILES string of the molecule is CCCOc1ccc(C2c3c(nc(NCc4ccc5c(c4)OCCO5)[nH]c3=O)NC(=O)C2C#N)cc1. The number of hydrogen-bond acceptors (Lipinski definition) is 8. The lowest BCUT2D eigenvalue weighted by atomic mass is 9.79. The number of rotatable bonds is 7. The van der Waals surface area contributed by atoms with E-state index in [-0.39, 0.29) is 17.3 Å². The van der Waals surface area contributed by atoms with Gasteiger partial charge in [0.1, 0.15) is 30.7 Å². The summed E-state index contributed by atoms with van der Waals surface area (Å²) < 4.78 is 16.8. The third-order valence-electron chi connectivity index (χ3n) is 6.04. The summed E-state index contributed by atoms with van der Waals surface area (Å²) in [5.74, 6) is 0.0360. The van der Waals surface area contributed by atoms with Crippen LogP contribution in [0.15, 0.2) is 47.3 Å². The Bertz CT molecular complexity index is 1380. The van der Waals surface area contributed by atoms with Gasteiger partial charge in [-0.05, 0) is 41.8 Å². The number of hydrogen-bond donors (Lipinski definition) is 3. The van der Waals surface area contributed by atoms with Gasteiger partial charge in [-0.1, -0.05) is 25.1 Å². The summed E-state index contributed by atoms with van der Waals surface area (Å²) in [5, 5.41) is 15.4. The highest BCUT2D eigenvalue weighted by Gasteiger charge is 2.40. The van der Waals surface area contributed by atoms with Crippen molar-refractivity contribution in [2.75, 3.05) is 30.5 Å². The molecule has 1 aromatic heterocycles. The highest BCUT2D eigenvalue weighted by Crippen LogP contribution is 2.38. The number of aromatic amines is 1. The molecule has 3 aromatic rings. The Morgan fingerprint density at radius 2 is 1.92 bits per heavy atom. The minimum Gasteiger partial charge on any atom is -0.494 e. The number of nitrogens with one attached hydrogen (secondary N) is 3. The van der Waals surface area contributed by atoms with E-state index in [9.17, 15) is 14.9 Å². The Morgan fingerprint density at radius 1 is 1.14 bits per heavy atom. The first-order valence-electron chi connectivity index (χ1n) is 11.8. The summed E-state index contributed by atoms with van der Waals surface area (Å²) in [5.41, 5.74) is 1.37. The molecule has 36 heavy (non-hydrogen) atoms. The molecule has 0 saturated heterocycles. The Balaban J connectivity index is 1.42. The van der Waals surface area contributed by atoms with Crippen LogP contribution in [0.1, 0.15) is 36.0 Å². The van der Waals surface area contributed by atoms with Crippen LogP contribution in [0, 0.1) is 17.2 Å². The van der Waals surface area contributed by atoms with Crippen LogP contribution >= 0.6 is 0 Å². The Hall–Kier alpha value is -4.52. The van der Waals surface area contributed by atoms with Crippen LogP contribution in [-0.2, 0) is 11.3 Å². The number of benzene rings is 2. The largest absolute Gasteiger partial charge is 0.494 e. The molecule has 10 heteroatoms. The lowest BCUT2D eigenvalue weighted by Gasteiger charge is -2.28. The minimum atomic E-state index is -1.07. The molecule has 0 fully saturated rings. The number of H-pyrrole nitrogens is 1. The van der Waals surface area contributed by atoms with Crippen LogP contribution in [0.5, 0.6) is 17.2 Å². The van der Waals surface area contributed by atoms with Gasteiger partial charge in [0, 0.05) is 12.5 Å². The summed E-state index contributed by atoms with van der Waals surface area (Å²) >= 11 is 0. The van der Waals surface area contributed by atoms with E-state index in [1.54, 1.807) is 24.3 Å². The van der Waals surface area contributed by atoms with Crippen molar-refractivity contribution >= 4 is 17.7 Å². The van der Waals surface area contributed by atoms with Crippen LogP contribution in [0.3, 0.4) is 0 Å². The fourth-order valence-electron chi connectivity index (χ4n) is 4.33. The van der Waals surface area contributed by atoms with E-state index in [2.05, 4.69) is 20.6 Å². The lowest BCUT2D eigenvalue weighted by Crippen LogP contribution is -2.38. The molecular formula is C26H25N5O5. The zero-order valence-electron chi connectivity index (χ0n) is 19.7. The number of fused-ring (bicyclic) bond motifs is 2. The maximum Gasteiger partial charge on any atom is 0.258 e. The van der Waals surface area contributed by atoms with Gasteiger partial charge in [-0.2, -0.15) is 10.2 Å². The molecule has 3 N–H and O–H groups in total. The first-order valence-corrected chi connectivity index (χ1v) is 11.8. The van der Waals surface area contributed by atoms with Crippen molar-refractivity contribution in [2.24, 2.45) is 5.92 Å². The molecule has 5 rings (SSSR count). The van der Waals surface area contributed by atoms with Gasteiger partial charge in [0.25, 0.3) is 5.56 Å². The monoisotopic (exact) mass is 487 g/mol. The lowest BCUT2D eigenvalue weighted by molar-refractivity contribution is -0.119. The first-order chi connectivity index (χ1) is 17.6. The molecule has 2 aliphatic heterocycles. The molecule has 0 saturated carbocycles. The normalized spacial score (nSPS) is 17.9. The third-order valence-corrected chi connectivity index (χ3v) is 6.04. The van der Waals surface area contributed by atoms with Crippen LogP contribution in [0.4, 0.5) is 11.8 Å². The zero-order chi connectivity index (χ0) is 25.1. The smallest absolute Gasteiger partial charge is 0.258 e. The summed E-state index contributed by atoms with van der Waals surface area (Å²) in [4.78, 5) is 33.1. The van der Waals surface area contributed by atoms with Gasteiger partial charge in [-0.3, -0.25) is 14.6 Å². The molecule has 1 amide bonds. The molecule has 0 spiro atoms. The second-order valence-electron chi connectivity index (χ2n) is 8.50. The topological polar surface area (TPSA) is 138 Å². The Labute approximate surface area is 207 Å². The van der Waals surface area contributed by atoms with Crippen molar-refractivity contribution in [1.82, 2.24) is 9.97 Å². The quantitative estimate of drug-likeness (QED) is 0.462. The molecular weight excluding hydrogens is 462 g/mol. The minimum absolute atomic E-state index is 0.135. The van der Waals surface area contributed by atoms with Gasteiger partial charge in [0.15, 0.2) is 11.5 Å². The van der Waals surface area contributed by atoms with Crippen molar-refractivity contribution in [3.8, 4) is 23.3 Å². The molecule has 0 radical (unpaired) electrons. The Kier molecular flexibility index (Phi) is 6.45. The second kappa shape index (κ2) is 10.00. The van der Waals surface area contributed by atoms with Crippen LogP contribution in [0.2, 0.25) is 0 Å². The van der Waals surface area contributed by atoms with E-state index in [0.29, 0.717) is 49.2 Å². The summed E-state index contributed by atoms with van der Waals surface area (Å²) in [6, 6.07) is 14.7. The number of carbonyl (C=O) groups is 1. The van der Waals surface area contributed by atoms with Crippen LogP contribution in [-0.4, -0.2) is 35.7 Å². The molecule has 3 heterocycles. The highest BCUT2D eigenvalue weighted by molar-refractivity contribution is 5.97. The molecule has 184 valence electrons. The van der Waals surface area contributed by atoms with E-state index in [4.69, 9.17) is 14.2 Å². The van der Waals surface area contributed by atoms with Gasteiger partial charge in [-0.25, -0.2) is 0 Å². The molecule has 2 atom stereocenters. The molecule has 10 nitrogen and oxygen atoms in total. The number of anilines is 2. The number of aromatic nitrogens is 2. The maximum absolute atomic E-state index is 13.2. The van der Waals surface area contributed by atoms with E-state index >= 15 is 0 Å². The van der Waals surface area contributed by atoms with Crippen LogP contribution in [0.25, 0.3) is 0 Å². The highest BCUT2D eigenvalue weighted by atomic mass is 16.6. The van der Waals surface area contributed by atoms with Crippen molar-refractivity contribution in [3.63, 3.8) is 0 Å². The average molecular weight is 488 g/mol. The van der Waals surface area contributed by atoms with Gasteiger partial charge >= 0.3 is 0 Å². The third kappa shape index (κ3) is 4.55. The van der Waals surface area contributed by atoms with Gasteiger partial charge in [-0.15, -0.1) is 0 Å². The molecule has 2 aromatic carbocycles. The van der Waals surface area contributed by atoms with Crippen LogP contribution < -0.4 is 30.4 Å². The van der Waals surface area contributed by atoms with Gasteiger partial charge < -0.3 is 24.8 Å². The summed E-state index contributed by atoms with van der Waals surface area (Å²) in [7, 11) is 0. The summed E-state index contributed by atoms with van der Waals surface area (Å²) in [6.07, 6.45) is 0.876. The van der Waals surface area contributed by atoms with Gasteiger partial charge in [0.2, 0.25) is 11.9 Å². The fourth-order valence-corrected chi connectivity index (χ4v) is 4.33. The predicted molar refractivity (Wildman–Crippen MR) is 131 cm³/mol. The standard InChI is InChI=1S/C26H25N5O5/c1-2-9-34-17-6-4-16(5-7-17)21-18(13-27)24(32)29-23-22(21)25(33)31-26(30-23)28-14-15-3-8-19-20(12-15)36-11-10-35-19/h3-8,12,18,21H,2,9-11,14H2,1H3,(H3,28,29,30,31,32,33). The van der Waals surface area contributed by atoms with E-state index in [0.717, 1.165) is 12.0 Å². The number of ether oxygens (including phenoxy) is 3. The van der Waals surface area contributed by atoms with Crippen molar-refractivity contribution in [3.05, 3.63) is 69.5 Å². The zero-order valence-corrected chi connectivity index (χ0v) is 19.7. The Morgan fingerprint density at radius 3 is 2.67 bits per heavy atom. The van der Waals surface area contributed by atoms with E-state index < -0.39 is 23.3 Å².